The number of para-hydroxylation sites is 1. The number of carbonyl (C=O) groups excluding carboxylic acids is 1. The highest BCUT2D eigenvalue weighted by atomic mass is 35.5. The lowest BCUT2D eigenvalue weighted by molar-refractivity contribution is -0.136. The Labute approximate surface area is 137 Å². The molecule has 0 aliphatic rings. The van der Waals surface area contributed by atoms with Crippen molar-refractivity contribution in [3.8, 4) is 0 Å². The zero-order chi connectivity index (χ0) is 16.6. The number of anilines is 1. The van der Waals surface area contributed by atoms with Crippen LogP contribution in [0.15, 0.2) is 42.5 Å². The summed E-state index contributed by atoms with van der Waals surface area (Å²) in [6, 6.07) is 10.2. The van der Waals surface area contributed by atoms with Gasteiger partial charge in [0, 0.05) is 0 Å². The number of rotatable bonds is 2. The Kier molecular flexibility index (Phi) is 3.99. The van der Waals surface area contributed by atoms with Gasteiger partial charge in [-0.05, 0) is 24.3 Å². The second kappa shape index (κ2) is 5.82. The van der Waals surface area contributed by atoms with E-state index in [-0.39, 0.29) is 21.2 Å². The quantitative estimate of drug-likeness (QED) is 0.684. The number of fused-ring (bicyclic) bond motifs is 1. The number of benzene rings is 2. The van der Waals surface area contributed by atoms with Gasteiger partial charge in [0.25, 0.3) is 5.91 Å². The molecule has 1 amide bonds. The van der Waals surface area contributed by atoms with Crippen molar-refractivity contribution in [1.82, 2.24) is 4.98 Å². The second-order valence-electron chi connectivity index (χ2n) is 4.60. The molecule has 23 heavy (non-hydrogen) atoms. The fourth-order valence-electron chi connectivity index (χ4n) is 2.04. The van der Waals surface area contributed by atoms with E-state index in [4.69, 9.17) is 11.6 Å². The predicted octanol–water partition coefficient (Wildman–Crippen LogP) is 5.22. The van der Waals surface area contributed by atoms with Crippen molar-refractivity contribution in [2.75, 3.05) is 5.32 Å². The third kappa shape index (κ3) is 3.16. The Balaban J connectivity index is 1.96. The Bertz CT molecular complexity index is 892. The minimum absolute atomic E-state index is 0.0848. The number of hydrogen-bond donors (Lipinski definition) is 1. The zero-order valence-corrected chi connectivity index (χ0v) is 12.9. The third-order valence-corrected chi connectivity index (χ3v) is 4.33. The van der Waals surface area contributed by atoms with Gasteiger partial charge in [-0.3, -0.25) is 10.1 Å². The first-order valence-corrected chi connectivity index (χ1v) is 7.58. The molecule has 1 aromatic heterocycles. The van der Waals surface area contributed by atoms with Gasteiger partial charge in [-0.2, -0.15) is 13.2 Å². The summed E-state index contributed by atoms with van der Waals surface area (Å²) in [5.74, 6) is -0.525. The molecule has 0 aliphatic heterocycles. The molecule has 118 valence electrons. The lowest BCUT2D eigenvalue weighted by Crippen LogP contribution is -2.12. The minimum Gasteiger partial charge on any atom is -0.298 e. The van der Waals surface area contributed by atoms with E-state index >= 15 is 0 Å². The van der Waals surface area contributed by atoms with E-state index in [9.17, 15) is 18.0 Å². The van der Waals surface area contributed by atoms with E-state index in [1.165, 1.54) is 18.2 Å². The van der Waals surface area contributed by atoms with Crippen molar-refractivity contribution < 1.29 is 18.0 Å². The van der Waals surface area contributed by atoms with Crippen molar-refractivity contribution in [2.45, 2.75) is 6.18 Å². The lowest BCUT2D eigenvalue weighted by Gasteiger charge is -2.06. The van der Waals surface area contributed by atoms with Gasteiger partial charge < -0.3 is 0 Å². The number of alkyl halides is 3. The summed E-state index contributed by atoms with van der Waals surface area (Å²) in [6.45, 7) is 0. The van der Waals surface area contributed by atoms with Crippen LogP contribution < -0.4 is 5.32 Å². The molecule has 0 spiro atoms. The molecule has 3 aromatic rings. The average Bonchev–Trinajstić information content (AvgIpc) is 2.88. The number of amides is 1. The van der Waals surface area contributed by atoms with Crippen molar-refractivity contribution in [1.29, 1.82) is 0 Å². The third-order valence-electron chi connectivity index (χ3n) is 3.06. The first kappa shape index (κ1) is 15.8. The summed E-state index contributed by atoms with van der Waals surface area (Å²) in [4.78, 5) is 16.0. The second-order valence-corrected chi connectivity index (χ2v) is 6.04. The summed E-state index contributed by atoms with van der Waals surface area (Å²) < 4.78 is 39.2. The number of halogens is 4. The van der Waals surface area contributed by atoms with E-state index in [0.29, 0.717) is 4.70 Å². The molecule has 1 N–H and O–H groups in total. The molecule has 0 saturated heterocycles. The highest BCUT2D eigenvalue weighted by Gasteiger charge is 2.33. The molecular weight excluding hydrogens is 349 g/mol. The molecule has 0 aliphatic carbocycles. The highest BCUT2D eigenvalue weighted by molar-refractivity contribution is 7.22. The van der Waals surface area contributed by atoms with Crippen LogP contribution in [0, 0.1) is 0 Å². The van der Waals surface area contributed by atoms with Crippen molar-refractivity contribution >= 4 is 44.2 Å². The molecule has 8 heteroatoms. The van der Waals surface area contributed by atoms with Gasteiger partial charge in [0.1, 0.15) is 0 Å². The number of nitrogens with one attached hydrogen (secondary N) is 1. The summed E-state index contributed by atoms with van der Waals surface area (Å²) in [5, 5.41) is 2.82. The van der Waals surface area contributed by atoms with Crippen molar-refractivity contribution in [2.24, 2.45) is 0 Å². The Hall–Kier alpha value is -2.12. The summed E-state index contributed by atoms with van der Waals surface area (Å²) in [6.07, 6.45) is -4.50. The van der Waals surface area contributed by atoms with Gasteiger partial charge in [0.05, 0.1) is 26.4 Å². The molecule has 0 bridgehead atoms. The van der Waals surface area contributed by atoms with Gasteiger partial charge in [-0.1, -0.05) is 41.1 Å². The van der Waals surface area contributed by atoms with E-state index in [2.05, 4.69) is 10.3 Å². The van der Waals surface area contributed by atoms with E-state index in [0.717, 1.165) is 17.4 Å². The van der Waals surface area contributed by atoms with E-state index < -0.39 is 17.6 Å². The summed E-state index contributed by atoms with van der Waals surface area (Å²) >= 11 is 6.89. The monoisotopic (exact) mass is 356 g/mol. The van der Waals surface area contributed by atoms with Crippen molar-refractivity contribution in [3.05, 3.63) is 58.6 Å². The minimum atomic E-state index is -4.50. The highest BCUT2D eigenvalue weighted by Crippen LogP contribution is 2.37. The summed E-state index contributed by atoms with van der Waals surface area (Å²) in [5.41, 5.74) is -0.784. The first-order valence-electron chi connectivity index (χ1n) is 6.39. The fraction of sp³-hybridized carbons (Fsp3) is 0.0667. The molecule has 0 radical (unpaired) electrons. The number of carbonyl (C=O) groups is 1. The fourth-order valence-corrected chi connectivity index (χ4v) is 3.15. The number of aromatic nitrogens is 1. The van der Waals surface area contributed by atoms with Gasteiger partial charge >= 0.3 is 6.18 Å². The normalized spacial score (nSPS) is 11.7. The van der Waals surface area contributed by atoms with E-state index in [1.807, 2.05) is 0 Å². The molecule has 3 rings (SSSR count). The molecule has 1 heterocycles. The molecule has 0 unspecified atom stereocenters. The van der Waals surface area contributed by atoms with Crippen LogP contribution in [0.5, 0.6) is 0 Å². The van der Waals surface area contributed by atoms with Crippen LogP contribution in [-0.4, -0.2) is 10.9 Å². The van der Waals surface area contributed by atoms with Crippen LogP contribution in [0.1, 0.15) is 15.9 Å². The van der Waals surface area contributed by atoms with E-state index in [1.54, 1.807) is 18.2 Å². The van der Waals surface area contributed by atoms with Crippen LogP contribution in [-0.2, 0) is 6.18 Å². The maximum atomic E-state index is 13.0. The standard InChI is InChI=1S/C15H8ClF3N2OS/c16-10-6-2-1-4-8(10)13(22)21-14-20-12-9(15(17,18)19)5-3-7-11(12)23-14/h1-7H,(H,20,21,22). The van der Waals surface area contributed by atoms with Crippen LogP contribution in [0.2, 0.25) is 5.02 Å². The van der Waals surface area contributed by atoms with Gasteiger partial charge in [0.2, 0.25) is 0 Å². The Morgan fingerprint density at radius 2 is 1.87 bits per heavy atom. The maximum absolute atomic E-state index is 13.0. The topological polar surface area (TPSA) is 42.0 Å². The average molecular weight is 357 g/mol. The van der Waals surface area contributed by atoms with Gasteiger partial charge in [-0.25, -0.2) is 4.98 Å². The smallest absolute Gasteiger partial charge is 0.298 e. The Morgan fingerprint density at radius 1 is 1.13 bits per heavy atom. The van der Waals surface area contributed by atoms with Crippen LogP contribution in [0.25, 0.3) is 10.2 Å². The maximum Gasteiger partial charge on any atom is 0.418 e. The molecule has 0 fully saturated rings. The van der Waals surface area contributed by atoms with Gasteiger partial charge in [0.15, 0.2) is 5.13 Å². The first-order chi connectivity index (χ1) is 10.9. The molecule has 0 atom stereocenters. The molecule has 0 saturated carbocycles. The predicted molar refractivity (Wildman–Crippen MR) is 84.0 cm³/mol. The molecular formula is C15H8ClF3N2OS. The SMILES string of the molecule is O=C(Nc1nc2c(C(F)(F)F)cccc2s1)c1ccccc1Cl. The van der Waals surface area contributed by atoms with Crippen LogP contribution >= 0.6 is 22.9 Å². The zero-order valence-electron chi connectivity index (χ0n) is 11.3. The molecule has 3 nitrogen and oxygen atoms in total. The lowest BCUT2D eigenvalue weighted by atomic mass is 10.2. The Morgan fingerprint density at radius 3 is 2.57 bits per heavy atom. The van der Waals surface area contributed by atoms with Gasteiger partial charge in [-0.15, -0.1) is 0 Å². The molecule has 2 aromatic carbocycles. The van der Waals surface area contributed by atoms with Crippen molar-refractivity contribution in [3.63, 3.8) is 0 Å². The number of thiazole rings is 1. The van der Waals surface area contributed by atoms with Crippen LogP contribution in [0.4, 0.5) is 18.3 Å². The summed E-state index contributed by atoms with van der Waals surface area (Å²) in [7, 11) is 0. The number of hydrogen-bond acceptors (Lipinski definition) is 3. The number of nitrogens with zero attached hydrogens (tertiary/aromatic N) is 1. The largest absolute Gasteiger partial charge is 0.418 e. The van der Waals surface area contributed by atoms with Crippen LogP contribution in [0.3, 0.4) is 0 Å².